The highest BCUT2D eigenvalue weighted by molar-refractivity contribution is 7.89. The van der Waals surface area contributed by atoms with E-state index >= 15 is 0 Å². The van der Waals surface area contributed by atoms with Crippen LogP contribution in [0.25, 0.3) is 10.8 Å². The monoisotopic (exact) mass is 396 g/mol. The summed E-state index contributed by atoms with van der Waals surface area (Å²) in [5.41, 5.74) is 0. The fourth-order valence-electron chi connectivity index (χ4n) is 3.24. The molecule has 0 radical (unpaired) electrons. The zero-order chi connectivity index (χ0) is 19.6. The van der Waals surface area contributed by atoms with Crippen LogP contribution >= 0.6 is 0 Å². The standard InChI is InChI=1S/C21H20N2O4S/c24-21(27-19-8-2-1-3-9-19)22-12-14-23(15-13-22)28(25,26)20-11-10-17-6-4-5-7-18(17)16-20/h1-11,16H,12-15H2. The molecule has 1 aliphatic rings. The highest BCUT2D eigenvalue weighted by Gasteiger charge is 2.30. The molecule has 0 aromatic heterocycles. The van der Waals surface area contributed by atoms with Gasteiger partial charge in [0, 0.05) is 26.2 Å². The van der Waals surface area contributed by atoms with Crippen molar-refractivity contribution in [3.8, 4) is 5.75 Å². The quantitative estimate of drug-likeness (QED) is 0.681. The van der Waals surface area contributed by atoms with Gasteiger partial charge in [0.1, 0.15) is 5.75 Å². The second-order valence-electron chi connectivity index (χ2n) is 6.58. The third-order valence-corrected chi connectivity index (χ3v) is 6.70. The Morgan fingerprint density at radius 2 is 1.43 bits per heavy atom. The van der Waals surface area contributed by atoms with Crippen LogP contribution in [0.2, 0.25) is 0 Å². The van der Waals surface area contributed by atoms with E-state index in [4.69, 9.17) is 4.74 Å². The van der Waals surface area contributed by atoms with E-state index < -0.39 is 16.1 Å². The molecular formula is C21H20N2O4S. The lowest BCUT2D eigenvalue weighted by Gasteiger charge is -2.33. The molecule has 1 heterocycles. The highest BCUT2D eigenvalue weighted by Crippen LogP contribution is 2.23. The maximum Gasteiger partial charge on any atom is 0.415 e. The summed E-state index contributed by atoms with van der Waals surface area (Å²) < 4.78 is 32.7. The van der Waals surface area contributed by atoms with E-state index in [1.807, 2.05) is 36.4 Å². The van der Waals surface area contributed by atoms with Crippen molar-refractivity contribution in [1.82, 2.24) is 9.21 Å². The van der Waals surface area contributed by atoms with Gasteiger partial charge in [0.15, 0.2) is 0 Å². The summed E-state index contributed by atoms with van der Waals surface area (Å²) in [5.74, 6) is 0.471. The van der Waals surface area contributed by atoms with Crippen molar-refractivity contribution in [3.63, 3.8) is 0 Å². The molecule has 4 rings (SSSR count). The molecule has 144 valence electrons. The number of hydrogen-bond donors (Lipinski definition) is 0. The molecule has 1 fully saturated rings. The molecule has 0 saturated carbocycles. The summed E-state index contributed by atoms with van der Waals surface area (Å²) in [4.78, 5) is 14.1. The van der Waals surface area contributed by atoms with E-state index in [0.717, 1.165) is 10.8 Å². The second-order valence-corrected chi connectivity index (χ2v) is 8.52. The van der Waals surface area contributed by atoms with Gasteiger partial charge in [-0.25, -0.2) is 13.2 Å². The number of nitrogens with zero attached hydrogens (tertiary/aromatic N) is 2. The lowest BCUT2D eigenvalue weighted by atomic mass is 10.1. The minimum absolute atomic E-state index is 0.235. The van der Waals surface area contributed by atoms with Crippen molar-refractivity contribution in [2.75, 3.05) is 26.2 Å². The van der Waals surface area contributed by atoms with Gasteiger partial charge in [-0.3, -0.25) is 0 Å². The number of rotatable bonds is 3. The Labute approximate surface area is 164 Å². The van der Waals surface area contributed by atoms with Gasteiger partial charge < -0.3 is 9.64 Å². The SMILES string of the molecule is O=C(Oc1ccccc1)N1CCN(S(=O)(=O)c2ccc3ccccc3c2)CC1. The molecule has 1 saturated heterocycles. The number of sulfonamides is 1. The molecule has 3 aromatic rings. The molecule has 28 heavy (non-hydrogen) atoms. The number of carbonyl (C=O) groups is 1. The third-order valence-electron chi connectivity index (χ3n) is 4.80. The number of benzene rings is 3. The Kier molecular flexibility index (Phi) is 5.02. The molecule has 7 heteroatoms. The fraction of sp³-hybridized carbons (Fsp3) is 0.190. The predicted octanol–water partition coefficient (Wildman–Crippen LogP) is 3.35. The number of hydrogen-bond acceptors (Lipinski definition) is 4. The van der Waals surface area contributed by atoms with Crippen molar-refractivity contribution in [2.45, 2.75) is 4.90 Å². The Morgan fingerprint density at radius 3 is 2.14 bits per heavy atom. The van der Waals surface area contributed by atoms with E-state index in [9.17, 15) is 13.2 Å². The first kappa shape index (κ1) is 18.5. The van der Waals surface area contributed by atoms with E-state index in [1.165, 1.54) is 9.21 Å². The Morgan fingerprint density at radius 1 is 0.786 bits per heavy atom. The summed E-state index contributed by atoms with van der Waals surface area (Å²) in [6.07, 6.45) is -0.464. The Balaban J connectivity index is 1.44. The highest BCUT2D eigenvalue weighted by atomic mass is 32.2. The van der Waals surface area contributed by atoms with Crippen LogP contribution in [0.3, 0.4) is 0 Å². The largest absolute Gasteiger partial charge is 0.415 e. The molecule has 1 aliphatic heterocycles. The Hall–Kier alpha value is -2.90. The van der Waals surface area contributed by atoms with Gasteiger partial charge >= 0.3 is 6.09 Å². The van der Waals surface area contributed by atoms with Crippen molar-refractivity contribution in [3.05, 3.63) is 72.8 Å². The first-order valence-corrected chi connectivity index (χ1v) is 10.5. The van der Waals surface area contributed by atoms with Gasteiger partial charge in [-0.05, 0) is 35.0 Å². The molecule has 0 atom stereocenters. The van der Waals surface area contributed by atoms with Crippen molar-refractivity contribution in [1.29, 1.82) is 0 Å². The molecule has 0 aliphatic carbocycles. The van der Waals surface area contributed by atoms with E-state index in [2.05, 4.69) is 0 Å². The third kappa shape index (κ3) is 3.72. The van der Waals surface area contributed by atoms with E-state index in [1.54, 1.807) is 36.4 Å². The van der Waals surface area contributed by atoms with Crippen LogP contribution in [0.1, 0.15) is 0 Å². The first-order valence-electron chi connectivity index (χ1n) is 9.05. The average molecular weight is 396 g/mol. The molecule has 3 aromatic carbocycles. The minimum atomic E-state index is -3.61. The first-order chi connectivity index (χ1) is 13.5. The molecule has 6 nitrogen and oxygen atoms in total. The van der Waals surface area contributed by atoms with Crippen LogP contribution in [0, 0.1) is 0 Å². The van der Waals surface area contributed by atoms with Crippen molar-refractivity contribution in [2.24, 2.45) is 0 Å². The summed E-state index contributed by atoms with van der Waals surface area (Å²) >= 11 is 0. The number of amides is 1. The number of carbonyl (C=O) groups excluding carboxylic acids is 1. The lowest BCUT2D eigenvalue weighted by molar-refractivity contribution is 0.132. The van der Waals surface area contributed by atoms with Crippen molar-refractivity contribution >= 4 is 26.9 Å². The van der Waals surface area contributed by atoms with E-state index in [-0.39, 0.29) is 18.0 Å². The fourth-order valence-corrected chi connectivity index (χ4v) is 4.70. The summed E-state index contributed by atoms with van der Waals surface area (Å²) in [6, 6.07) is 21.6. The van der Waals surface area contributed by atoms with Crippen LogP contribution < -0.4 is 4.74 Å². The van der Waals surface area contributed by atoms with Gasteiger partial charge in [0.2, 0.25) is 10.0 Å². The van der Waals surface area contributed by atoms with Gasteiger partial charge in [-0.15, -0.1) is 0 Å². The van der Waals surface area contributed by atoms with E-state index in [0.29, 0.717) is 18.8 Å². The van der Waals surface area contributed by atoms with Gasteiger partial charge in [-0.1, -0.05) is 48.5 Å². The van der Waals surface area contributed by atoms with Crippen LogP contribution in [0.4, 0.5) is 4.79 Å². The predicted molar refractivity (Wildman–Crippen MR) is 107 cm³/mol. The zero-order valence-corrected chi connectivity index (χ0v) is 16.0. The topological polar surface area (TPSA) is 66.9 Å². The number of piperazine rings is 1. The maximum atomic E-state index is 13.0. The minimum Gasteiger partial charge on any atom is -0.410 e. The second kappa shape index (κ2) is 7.61. The van der Waals surface area contributed by atoms with Crippen molar-refractivity contribution < 1.29 is 17.9 Å². The van der Waals surface area contributed by atoms with Crippen LogP contribution in [-0.4, -0.2) is 49.9 Å². The van der Waals surface area contributed by atoms with Crippen LogP contribution in [0.15, 0.2) is 77.7 Å². The summed E-state index contributed by atoms with van der Waals surface area (Å²) in [5, 5.41) is 1.88. The van der Waals surface area contributed by atoms with Gasteiger partial charge in [-0.2, -0.15) is 4.31 Å². The zero-order valence-electron chi connectivity index (χ0n) is 15.2. The lowest BCUT2D eigenvalue weighted by Crippen LogP contribution is -2.51. The summed E-state index contributed by atoms with van der Waals surface area (Å²) in [6.45, 7) is 1.05. The molecular weight excluding hydrogens is 376 g/mol. The molecule has 0 N–H and O–H groups in total. The van der Waals surface area contributed by atoms with Crippen LogP contribution in [0.5, 0.6) is 5.75 Å². The molecule has 0 unspecified atom stereocenters. The smallest absolute Gasteiger partial charge is 0.410 e. The number of fused-ring (bicyclic) bond motifs is 1. The van der Waals surface area contributed by atoms with Gasteiger partial charge in [0.05, 0.1) is 4.90 Å². The van der Waals surface area contributed by atoms with Crippen LogP contribution in [-0.2, 0) is 10.0 Å². The normalized spacial score (nSPS) is 15.5. The summed E-state index contributed by atoms with van der Waals surface area (Å²) in [7, 11) is -3.61. The molecule has 0 bridgehead atoms. The molecule has 1 amide bonds. The Bertz CT molecular complexity index is 1090. The maximum absolute atomic E-state index is 13.0. The van der Waals surface area contributed by atoms with Gasteiger partial charge in [0.25, 0.3) is 0 Å². The molecule has 0 spiro atoms. The number of para-hydroxylation sites is 1. The average Bonchev–Trinajstić information content (AvgIpc) is 2.74. The number of ether oxygens (including phenoxy) is 1.